The van der Waals surface area contributed by atoms with Gasteiger partial charge in [-0.2, -0.15) is 0 Å². The summed E-state index contributed by atoms with van der Waals surface area (Å²) in [5, 5.41) is 3.97. The van der Waals surface area contributed by atoms with Gasteiger partial charge in [-0.3, -0.25) is 4.79 Å². The molecule has 5 atom stereocenters. The fraction of sp³-hybridized carbons (Fsp3) is 0.632. The molecule has 0 bridgehead atoms. The van der Waals surface area contributed by atoms with Crippen LogP contribution < -0.4 is 5.32 Å². The lowest BCUT2D eigenvalue weighted by molar-refractivity contribution is -0.153. The molecule has 1 aromatic rings. The quantitative estimate of drug-likeness (QED) is 0.864. The van der Waals surface area contributed by atoms with E-state index in [1.165, 1.54) is 6.42 Å². The molecule has 23 heavy (non-hydrogen) atoms. The van der Waals surface area contributed by atoms with E-state index < -0.39 is 0 Å². The third-order valence-corrected chi connectivity index (χ3v) is 5.88. The van der Waals surface area contributed by atoms with Crippen LogP contribution in [0.1, 0.15) is 58.1 Å². The largest absolute Gasteiger partial charge is 0.370 e. The number of hydrogen-bond donors (Lipinski definition) is 1. The predicted molar refractivity (Wildman–Crippen MR) is 92.4 cm³/mol. The zero-order valence-corrected chi connectivity index (χ0v) is 14.9. The molecule has 0 spiro atoms. The van der Waals surface area contributed by atoms with Gasteiger partial charge < -0.3 is 10.1 Å². The summed E-state index contributed by atoms with van der Waals surface area (Å²) in [4.78, 5) is 11.8. The number of ether oxygens (including phenoxy) is 1. The average Bonchev–Trinajstić information content (AvgIpc) is 2.45. The Kier molecular flexibility index (Phi) is 4.70. The van der Waals surface area contributed by atoms with Crippen LogP contribution in [0.2, 0.25) is 5.02 Å². The highest BCUT2D eigenvalue weighted by Crippen LogP contribution is 2.48. The maximum Gasteiger partial charge on any atom is 0.217 e. The molecule has 3 rings (SSSR count). The van der Waals surface area contributed by atoms with Crippen LogP contribution in [-0.4, -0.2) is 17.6 Å². The number of benzene rings is 1. The van der Waals surface area contributed by atoms with Gasteiger partial charge in [0, 0.05) is 29.8 Å². The van der Waals surface area contributed by atoms with Crippen molar-refractivity contribution in [3.8, 4) is 0 Å². The lowest BCUT2D eigenvalue weighted by Crippen LogP contribution is -2.60. The van der Waals surface area contributed by atoms with Crippen molar-refractivity contribution < 1.29 is 9.53 Å². The summed E-state index contributed by atoms with van der Waals surface area (Å²) in [6.45, 7) is 6.06. The monoisotopic (exact) mass is 335 g/mol. The van der Waals surface area contributed by atoms with Gasteiger partial charge in [-0.1, -0.05) is 43.1 Å². The van der Waals surface area contributed by atoms with E-state index in [0.29, 0.717) is 11.8 Å². The number of fused-ring (bicyclic) bond motifs is 1. The van der Waals surface area contributed by atoms with Crippen LogP contribution in [0.25, 0.3) is 0 Å². The number of carbonyl (C=O) groups excluding carboxylic acids is 1. The van der Waals surface area contributed by atoms with E-state index in [4.69, 9.17) is 16.3 Å². The Morgan fingerprint density at radius 3 is 2.78 bits per heavy atom. The molecule has 0 radical (unpaired) electrons. The van der Waals surface area contributed by atoms with E-state index in [2.05, 4.69) is 19.2 Å². The Morgan fingerprint density at radius 2 is 2.09 bits per heavy atom. The summed E-state index contributed by atoms with van der Waals surface area (Å²) >= 11 is 6.39. The Labute approximate surface area is 143 Å². The van der Waals surface area contributed by atoms with Gasteiger partial charge in [0.1, 0.15) is 0 Å². The highest BCUT2D eigenvalue weighted by atomic mass is 35.5. The lowest BCUT2D eigenvalue weighted by atomic mass is 9.66. The zero-order chi connectivity index (χ0) is 16.6. The molecule has 1 heterocycles. The summed E-state index contributed by atoms with van der Waals surface area (Å²) in [6.07, 6.45) is 4.26. The van der Waals surface area contributed by atoms with Gasteiger partial charge in [-0.15, -0.1) is 0 Å². The maximum atomic E-state index is 11.8. The molecular formula is C19H26ClNO2. The first-order valence-corrected chi connectivity index (χ1v) is 8.95. The maximum absolute atomic E-state index is 11.8. The standard InChI is InChI=1S/C19H26ClNO2/c1-12-8-9-15-17(10-12)23-18(11-19(15,3)21-13(2)22)14-6-4-5-7-16(14)20/h4-7,12,15,17-18H,8-11H2,1-3H3,(H,21,22)/t12-,15-,17-,18-,19-/m1/s1. The molecular weight excluding hydrogens is 310 g/mol. The van der Waals surface area contributed by atoms with Crippen molar-refractivity contribution in [2.45, 2.75) is 64.2 Å². The molecule has 2 aliphatic rings. The minimum absolute atomic E-state index is 0.0321. The number of carbonyl (C=O) groups is 1. The molecule has 1 aromatic carbocycles. The molecule has 1 saturated carbocycles. The fourth-order valence-corrected chi connectivity index (χ4v) is 4.73. The van der Waals surface area contributed by atoms with Crippen LogP contribution in [0.15, 0.2) is 24.3 Å². The molecule has 0 unspecified atom stereocenters. The SMILES string of the molecule is CC(=O)N[C@]1(C)C[C@H](c2ccccc2Cl)O[C@@H]2C[C@H](C)CC[C@H]21. The van der Waals surface area contributed by atoms with Gasteiger partial charge in [-0.05, 0) is 37.3 Å². The van der Waals surface area contributed by atoms with Crippen LogP contribution in [-0.2, 0) is 9.53 Å². The Hall–Kier alpha value is -1.06. The lowest BCUT2D eigenvalue weighted by Gasteiger charge is -2.52. The molecule has 0 aromatic heterocycles. The van der Waals surface area contributed by atoms with E-state index in [-0.39, 0.29) is 23.7 Å². The van der Waals surface area contributed by atoms with E-state index in [1.807, 2.05) is 24.3 Å². The molecule has 1 aliphatic carbocycles. The van der Waals surface area contributed by atoms with Crippen molar-refractivity contribution in [2.75, 3.05) is 0 Å². The van der Waals surface area contributed by atoms with Crippen LogP contribution in [0, 0.1) is 11.8 Å². The van der Waals surface area contributed by atoms with Gasteiger partial charge in [-0.25, -0.2) is 0 Å². The zero-order valence-electron chi connectivity index (χ0n) is 14.1. The Morgan fingerprint density at radius 1 is 1.35 bits per heavy atom. The second-order valence-corrected chi connectivity index (χ2v) is 7.92. The highest BCUT2D eigenvalue weighted by Gasteiger charge is 2.49. The Bertz CT molecular complexity index is 590. The molecule has 1 saturated heterocycles. The average molecular weight is 336 g/mol. The summed E-state index contributed by atoms with van der Waals surface area (Å²) < 4.78 is 6.47. The van der Waals surface area contributed by atoms with Crippen LogP contribution in [0.3, 0.4) is 0 Å². The third-order valence-electron chi connectivity index (χ3n) is 5.53. The second kappa shape index (κ2) is 6.45. The van der Waals surface area contributed by atoms with Crippen molar-refractivity contribution in [1.82, 2.24) is 5.32 Å². The number of amides is 1. The van der Waals surface area contributed by atoms with Gasteiger partial charge >= 0.3 is 0 Å². The summed E-state index contributed by atoms with van der Waals surface area (Å²) in [5.41, 5.74) is 0.793. The van der Waals surface area contributed by atoms with E-state index in [0.717, 1.165) is 29.8 Å². The minimum atomic E-state index is -0.237. The first kappa shape index (κ1) is 16.8. The van der Waals surface area contributed by atoms with Gasteiger partial charge in [0.25, 0.3) is 0 Å². The van der Waals surface area contributed by atoms with Gasteiger partial charge in [0.2, 0.25) is 5.91 Å². The number of nitrogens with one attached hydrogen (secondary N) is 1. The van der Waals surface area contributed by atoms with Crippen LogP contribution in [0.4, 0.5) is 0 Å². The number of hydrogen-bond acceptors (Lipinski definition) is 2. The van der Waals surface area contributed by atoms with Crippen molar-refractivity contribution in [3.05, 3.63) is 34.9 Å². The van der Waals surface area contributed by atoms with Gasteiger partial charge in [0.05, 0.1) is 12.2 Å². The van der Waals surface area contributed by atoms with Crippen LogP contribution >= 0.6 is 11.6 Å². The minimum Gasteiger partial charge on any atom is -0.370 e. The normalized spacial score (nSPS) is 37.0. The van der Waals surface area contributed by atoms with E-state index in [1.54, 1.807) is 6.92 Å². The highest BCUT2D eigenvalue weighted by molar-refractivity contribution is 6.31. The molecule has 3 nitrogen and oxygen atoms in total. The third kappa shape index (κ3) is 3.41. The summed E-state index contributed by atoms with van der Waals surface area (Å²) in [7, 11) is 0. The second-order valence-electron chi connectivity index (χ2n) is 7.51. The summed E-state index contributed by atoms with van der Waals surface area (Å²) in [5.74, 6) is 1.08. The van der Waals surface area contributed by atoms with E-state index in [9.17, 15) is 4.79 Å². The van der Waals surface area contributed by atoms with Crippen LogP contribution in [0.5, 0.6) is 0 Å². The Balaban J connectivity index is 1.92. The summed E-state index contributed by atoms with van der Waals surface area (Å²) in [6, 6.07) is 7.88. The number of halogens is 1. The molecule has 2 fully saturated rings. The fourth-order valence-electron chi connectivity index (χ4n) is 4.47. The molecule has 1 N–H and O–H groups in total. The predicted octanol–water partition coefficient (Wildman–Crippen LogP) is 4.50. The molecule has 4 heteroatoms. The number of rotatable bonds is 2. The molecule has 126 valence electrons. The smallest absolute Gasteiger partial charge is 0.217 e. The van der Waals surface area contributed by atoms with E-state index >= 15 is 0 Å². The van der Waals surface area contributed by atoms with Crippen molar-refractivity contribution in [1.29, 1.82) is 0 Å². The van der Waals surface area contributed by atoms with Crippen molar-refractivity contribution in [3.63, 3.8) is 0 Å². The molecule has 1 amide bonds. The topological polar surface area (TPSA) is 38.3 Å². The van der Waals surface area contributed by atoms with Crippen molar-refractivity contribution in [2.24, 2.45) is 11.8 Å². The molecule has 1 aliphatic heterocycles. The van der Waals surface area contributed by atoms with Gasteiger partial charge in [0.15, 0.2) is 0 Å². The first-order chi connectivity index (χ1) is 10.9. The first-order valence-electron chi connectivity index (χ1n) is 8.57. The van der Waals surface area contributed by atoms with Crippen molar-refractivity contribution >= 4 is 17.5 Å².